The number of benzene rings is 3. The number of aromatic nitrogens is 2. The minimum atomic E-state index is -0.0179. The van der Waals surface area contributed by atoms with Crippen LogP contribution >= 0.6 is 11.3 Å². The fraction of sp³-hybridized carbons (Fsp3) is 0.324. The quantitative estimate of drug-likeness (QED) is 0.250. The molecule has 0 fully saturated rings. The second-order valence-electron chi connectivity index (χ2n) is 11.5. The molecule has 0 bridgehead atoms. The van der Waals surface area contributed by atoms with E-state index in [9.17, 15) is 0 Å². The van der Waals surface area contributed by atoms with Crippen LogP contribution in [0.1, 0.15) is 89.7 Å². The van der Waals surface area contributed by atoms with Gasteiger partial charge in [-0.1, -0.05) is 81.8 Å². The van der Waals surface area contributed by atoms with Crippen LogP contribution in [0.3, 0.4) is 0 Å². The normalized spacial score (nSPS) is 14.8. The Kier molecular flexibility index (Phi) is 6.19. The minimum absolute atomic E-state index is 0.0179. The first-order chi connectivity index (χ1) is 18.2. The minimum Gasteiger partial charge on any atom is -0.371 e. The van der Waals surface area contributed by atoms with Gasteiger partial charge in [0.25, 0.3) is 0 Å². The second kappa shape index (κ2) is 9.43. The molecule has 0 aliphatic carbocycles. The van der Waals surface area contributed by atoms with E-state index in [1.165, 1.54) is 59.6 Å². The first-order valence-electron chi connectivity index (χ1n) is 13.8. The van der Waals surface area contributed by atoms with Crippen molar-refractivity contribution in [2.45, 2.75) is 72.9 Å². The third kappa shape index (κ3) is 4.06. The van der Waals surface area contributed by atoms with E-state index in [4.69, 9.17) is 4.98 Å². The zero-order chi connectivity index (χ0) is 26.7. The van der Waals surface area contributed by atoms with Crippen LogP contribution in [0.4, 0.5) is 5.69 Å². The molecule has 2 aromatic heterocycles. The molecule has 1 aliphatic rings. The van der Waals surface area contributed by atoms with E-state index in [2.05, 4.69) is 119 Å². The Morgan fingerprint density at radius 2 is 1.63 bits per heavy atom. The van der Waals surface area contributed by atoms with Gasteiger partial charge < -0.3 is 9.88 Å². The van der Waals surface area contributed by atoms with Crippen LogP contribution < -0.4 is 5.32 Å². The Morgan fingerprint density at radius 3 is 2.34 bits per heavy atom. The van der Waals surface area contributed by atoms with Gasteiger partial charge in [0.1, 0.15) is 11.9 Å². The summed E-state index contributed by atoms with van der Waals surface area (Å²) < 4.78 is 3.70. The summed E-state index contributed by atoms with van der Waals surface area (Å²) >= 11 is 1.86. The molecule has 0 spiro atoms. The Balaban J connectivity index is 1.56. The van der Waals surface area contributed by atoms with Crippen molar-refractivity contribution in [3.05, 3.63) is 105 Å². The van der Waals surface area contributed by atoms with Crippen LogP contribution in [0, 0.1) is 20.8 Å². The number of para-hydroxylation sites is 1. The van der Waals surface area contributed by atoms with Crippen molar-refractivity contribution in [3.8, 4) is 11.3 Å². The fourth-order valence-electron chi connectivity index (χ4n) is 6.32. The molecule has 3 heterocycles. The highest BCUT2D eigenvalue weighted by Gasteiger charge is 2.32. The van der Waals surface area contributed by atoms with Crippen molar-refractivity contribution in [2.24, 2.45) is 0 Å². The maximum atomic E-state index is 5.40. The zero-order valence-electron chi connectivity index (χ0n) is 23.5. The molecular weight excluding hydrogens is 482 g/mol. The van der Waals surface area contributed by atoms with E-state index >= 15 is 0 Å². The van der Waals surface area contributed by atoms with Crippen LogP contribution in [0.2, 0.25) is 0 Å². The smallest absolute Gasteiger partial charge is 0.137 e. The first-order valence-corrected chi connectivity index (χ1v) is 14.6. The van der Waals surface area contributed by atoms with Gasteiger partial charge in [-0.05, 0) is 66.5 Å². The molecule has 3 aromatic carbocycles. The van der Waals surface area contributed by atoms with Crippen molar-refractivity contribution >= 4 is 27.1 Å². The molecule has 4 heteroatoms. The van der Waals surface area contributed by atoms with Crippen LogP contribution in [-0.4, -0.2) is 9.55 Å². The highest BCUT2D eigenvalue weighted by Crippen LogP contribution is 2.43. The summed E-state index contributed by atoms with van der Waals surface area (Å²) in [4.78, 5) is 6.72. The number of hydrogen-bond donors (Lipinski definition) is 1. The van der Waals surface area contributed by atoms with E-state index in [0.29, 0.717) is 11.8 Å². The lowest BCUT2D eigenvalue weighted by molar-refractivity contribution is 0.643. The van der Waals surface area contributed by atoms with Crippen molar-refractivity contribution in [3.63, 3.8) is 0 Å². The first kappa shape index (κ1) is 24.9. The van der Waals surface area contributed by atoms with Gasteiger partial charge in [-0.15, -0.1) is 11.3 Å². The molecule has 5 aromatic rings. The summed E-state index contributed by atoms with van der Waals surface area (Å²) in [5, 5.41) is 5.38. The number of fused-ring (bicyclic) bond motifs is 3. The van der Waals surface area contributed by atoms with Crippen LogP contribution in [0.5, 0.6) is 0 Å². The van der Waals surface area contributed by atoms with Gasteiger partial charge in [0.2, 0.25) is 0 Å². The summed E-state index contributed by atoms with van der Waals surface area (Å²) in [6.45, 7) is 16.7. The third-order valence-corrected chi connectivity index (χ3v) is 9.09. The molecule has 0 amide bonds. The topological polar surface area (TPSA) is 29.9 Å². The Morgan fingerprint density at radius 1 is 0.921 bits per heavy atom. The Labute approximate surface area is 230 Å². The maximum absolute atomic E-state index is 5.40. The average Bonchev–Trinajstić information content (AvgIpc) is 3.42. The van der Waals surface area contributed by atoms with E-state index in [1.807, 2.05) is 11.3 Å². The third-order valence-electron chi connectivity index (χ3n) is 8.00. The fourth-order valence-corrected chi connectivity index (χ4v) is 7.39. The molecule has 194 valence electrons. The Hall–Kier alpha value is -3.37. The van der Waals surface area contributed by atoms with Crippen molar-refractivity contribution in [2.75, 3.05) is 5.32 Å². The summed E-state index contributed by atoms with van der Waals surface area (Å²) in [5.74, 6) is 1.95. The number of thiophene rings is 1. The van der Waals surface area contributed by atoms with E-state index < -0.39 is 0 Å². The largest absolute Gasteiger partial charge is 0.371 e. The molecule has 0 saturated carbocycles. The number of hydrogen-bond acceptors (Lipinski definition) is 3. The highest BCUT2D eigenvalue weighted by molar-refractivity contribution is 7.19. The molecular formula is C34H37N3S. The molecule has 1 N–H and O–H groups in total. The molecule has 1 atom stereocenters. The second-order valence-corrected chi connectivity index (χ2v) is 12.8. The highest BCUT2D eigenvalue weighted by atomic mass is 32.1. The lowest BCUT2D eigenvalue weighted by Crippen LogP contribution is -2.26. The van der Waals surface area contributed by atoms with Crippen molar-refractivity contribution < 1.29 is 0 Å². The predicted molar refractivity (Wildman–Crippen MR) is 163 cm³/mol. The number of imidazole rings is 1. The number of nitrogens with one attached hydrogen (secondary N) is 1. The van der Waals surface area contributed by atoms with E-state index in [-0.39, 0.29) is 6.04 Å². The van der Waals surface area contributed by atoms with Crippen molar-refractivity contribution in [1.29, 1.82) is 0 Å². The summed E-state index contributed by atoms with van der Waals surface area (Å²) in [7, 11) is 0. The summed E-state index contributed by atoms with van der Waals surface area (Å²) in [6, 6.07) is 20.2. The van der Waals surface area contributed by atoms with Crippen LogP contribution in [-0.2, 0) is 6.54 Å². The Bertz CT molecular complexity index is 1640. The molecule has 1 unspecified atom stereocenters. The van der Waals surface area contributed by atoms with Gasteiger partial charge in [-0.2, -0.15) is 0 Å². The van der Waals surface area contributed by atoms with Gasteiger partial charge >= 0.3 is 0 Å². The summed E-state index contributed by atoms with van der Waals surface area (Å²) in [5.41, 5.74) is 11.8. The number of anilines is 1. The average molecular weight is 520 g/mol. The van der Waals surface area contributed by atoms with Gasteiger partial charge in [-0.25, -0.2) is 4.98 Å². The van der Waals surface area contributed by atoms with Gasteiger partial charge in [-0.3, -0.25) is 0 Å². The monoisotopic (exact) mass is 519 g/mol. The molecule has 0 radical (unpaired) electrons. The van der Waals surface area contributed by atoms with Gasteiger partial charge in [0.05, 0.1) is 5.69 Å². The maximum Gasteiger partial charge on any atom is 0.137 e. The van der Waals surface area contributed by atoms with Gasteiger partial charge in [0, 0.05) is 39.0 Å². The van der Waals surface area contributed by atoms with E-state index in [1.54, 1.807) is 0 Å². The standard InChI is InChI=1S/C34H37N3S/c1-19(2)25-12-10-13-26(20(3)4)32(25)36-33-30-22(6)15-21(5)16-24(30)17-37-18-28(35-34(33)37)31-23(7)38-29-14-9-8-11-27(29)31/h8-16,18-20,33,36H,17H2,1-7H3. The van der Waals surface area contributed by atoms with Crippen LogP contribution in [0.15, 0.2) is 60.8 Å². The molecule has 6 rings (SSSR count). The SMILES string of the molecule is Cc1cc(C)c2c(c1)Cn1cc(-c3c(C)sc4ccccc34)nc1C2Nc1c(C(C)C)cccc1C(C)C. The number of rotatable bonds is 5. The molecule has 1 aliphatic heterocycles. The molecule has 0 saturated heterocycles. The van der Waals surface area contributed by atoms with E-state index in [0.717, 1.165) is 18.1 Å². The predicted octanol–water partition coefficient (Wildman–Crippen LogP) is 9.50. The van der Waals surface area contributed by atoms with Crippen LogP contribution in [0.25, 0.3) is 21.3 Å². The zero-order valence-corrected chi connectivity index (χ0v) is 24.3. The number of aryl methyl sites for hydroxylation is 3. The molecule has 38 heavy (non-hydrogen) atoms. The van der Waals surface area contributed by atoms with Gasteiger partial charge in [0.15, 0.2) is 0 Å². The lowest BCUT2D eigenvalue weighted by atomic mass is 9.88. The lowest BCUT2D eigenvalue weighted by Gasteiger charge is -2.32. The number of nitrogens with zero attached hydrogens (tertiary/aromatic N) is 2. The molecule has 3 nitrogen and oxygen atoms in total. The van der Waals surface area contributed by atoms with Crippen molar-refractivity contribution in [1.82, 2.24) is 9.55 Å². The summed E-state index contributed by atoms with van der Waals surface area (Å²) in [6.07, 6.45) is 2.28.